The maximum Gasteiger partial charge on any atom is 0.310 e. The summed E-state index contributed by atoms with van der Waals surface area (Å²) in [4.78, 5) is 12.1. The van der Waals surface area contributed by atoms with Crippen LogP contribution >= 0.6 is 11.8 Å². The minimum atomic E-state index is -0.270. The Morgan fingerprint density at radius 1 is 1.57 bits per heavy atom. The first-order valence-electron chi connectivity index (χ1n) is 4.16. The van der Waals surface area contributed by atoms with E-state index in [0.717, 1.165) is 10.5 Å². The molecule has 0 atom stereocenters. The lowest BCUT2D eigenvalue weighted by atomic mass is 10.1. The fraction of sp³-hybridized carbons (Fsp3) is 0.300. The third kappa shape index (κ3) is 2.67. The number of nitrogens with two attached hydrogens (primary N) is 1. The van der Waals surface area contributed by atoms with Crippen molar-refractivity contribution in [3.8, 4) is 0 Å². The Morgan fingerprint density at radius 3 is 2.79 bits per heavy atom. The minimum Gasteiger partial charge on any atom is -0.469 e. The molecule has 0 aliphatic heterocycles. The highest BCUT2D eigenvalue weighted by Crippen LogP contribution is 2.21. The van der Waals surface area contributed by atoms with Crippen molar-refractivity contribution >= 4 is 23.4 Å². The predicted octanol–water partition coefficient (Wildman–Crippen LogP) is 1.71. The van der Waals surface area contributed by atoms with Gasteiger partial charge in [-0.3, -0.25) is 4.79 Å². The van der Waals surface area contributed by atoms with Crippen LogP contribution in [-0.2, 0) is 16.0 Å². The van der Waals surface area contributed by atoms with Gasteiger partial charge in [-0.15, -0.1) is 11.8 Å². The number of anilines is 1. The molecule has 0 saturated heterocycles. The summed E-state index contributed by atoms with van der Waals surface area (Å²) in [6.07, 6.45) is 2.21. The van der Waals surface area contributed by atoms with Crippen molar-refractivity contribution < 1.29 is 9.53 Å². The van der Waals surface area contributed by atoms with Gasteiger partial charge < -0.3 is 10.5 Å². The number of hydrogen-bond donors (Lipinski definition) is 1. The molecule has 14 heavy (non-hydrogen) atoms. The first-order chi connectivity index (χ1) is 6.67. The number of benzene rings is 1. The number of ether oxygens (including phenoxy) is 1. The number of rotatable bonds is 3. The lowest BCUT2D eigenvalue weighted by Crippen LogP contribution is -2.06. The molecule has 0 saturated carbocycles. The molecule has 0 heterocycles. The van der Waals surface area contributed by atoms with Crippen LogP contribution in [-0.4, -0.2) is 19.3 Å². The van der Waals surface area contributed by atoms with Gasteiger partial charge in [0.25, 0.3) is 0 Å². The molecule has 1 aromatic carbocycles. The predicted molar refractivity (Wildman–Crippen MR) is 58.4 cm³/mol. The van der Waals surface area contributed by atoms with Crippen molar-refractivity contribution in [1.82, 2.24) is 0 Å². The number of esters is 1. The Kier molecular flexibility index (Phi) is 3.83. The van der Waals surface area contributed by atoms with E-state index in [2.05, 4.69) is 4.74 Å². The zero-order valence-corrected chi connectivity index (χ0v) is 9.06. The zero-order chi connectivity index (χ0) is 10.6. The van der Waals surface area contributed by atoms with Crippen molar-refractivity contribution in [2.75, 3.05) is 19.1 Å². The van der Waals surface area contributed by atoms with Crippen LogP contribution in [0.1, 0.15) is 5.56 Å². The van der Waals surface area contributed by atoms with Gasteiger partial charge in [0.05, 0.1) is 13.5 Å². The minimum absolute atomic E-state index is 0.233. The van der Waals surface area contributed by atoms with Crippen LogP contribution in [0, 0.1) is 0 Å². The number of nitrogen functional groups attached to an aromatic ring is 1. The summed E-state index contributed by atoms with van der Waals surface area (Å²) in [5, 5.41) is 0. The van der Waals surface area contributed by atoms with Gasteiger partial charge in [-0.25, -0.2) is 0 Å². The van der Waals surface area contributed by atoms with Crippen LogP contribution in [0.5, 0.6) is 0 Å². The maximum atomic E-state index is 11.0. The summed E-state index contributed by atoms with van der Waals surface area (Å²) in [6.45, 7) is 0. The summed E-state index contributed by atoms with van der Waals surface area (Å²) in [5.41, 5.74) is 7.23. The SMILES string of the molecule is COC(=O)Cc1ccc(SC)cc1N. The van der Waals surface area contributed by atoms with E-state index in [1.807, 2.05) is 24.5 Å². The van der Waals surface area contributed by atoms with Gasteiger partial charge in [0, 0.05) is 10.6 Å². The molecule has 4 heteroatoms. The highest BCUT2D eigenvalue weighted by Gasteiger charge is 2.06. The summed E-state index contributed by atoms with van der Waals surface area (Å²) < 4.78 is 4.57. The largest absolute Gasteiger partial charge is 0.469 e. The third-order valence-corrected chi connectivity index (χ3v) is 2.64. The quantitative estimate of drug-likeness (QED) is 0.470. The summed E-state index contributed by atoms with van der Waals surface area (Å²) >= 11 is 1.62. The van der Waals surface area contributed by atoms with Gasteiger partial charge in [-0.2, -0.15) is 0 Å². The first-order valence-corrected chi connectivity index (χ1v) is 5.39. The average Bonchev–Trinajstić information content (AvgIpc) is 2.20. The van der Waals surface area contributed by atoms with Gasteiger partial charge in [0.2, 0.25) is 0 Å². The fourth-order valence-corrected chi connectivity index (χ4v) is 1.54. The summed E-state index contributed by atoms with van der Waals surface area (Å²) in [7, 11) is 1.37. The lowest BCUT2D eigenvalue weighted by molar-refractivity contribution is -0.139. The van der Waals surface area contributed by atoms with Crippen LogP contribution in [0.15, 0.2) is 23.1 Å². The average molecular weight is 211 g/mol. The Balaban J connectivity index is 2.83. The van der Waals surface area contributed by atoms with E-state index in [-0.39, 0.29) is 12.4 Å². The normalized spacial score (nSPS) is 9.86. The molecule has 0 aliphatic carbocycles. The van der Waals surface area contributed by atoms with Crippen LogP contribution in [0.3, 0.4) is 0 Å². The molecule has 1 aromatic rings. The topological polar surface area (TPSA) is 52.3 Å². The Labute approximate surface area is 87.6 Å². The molecule has 0 amide bonds. The molecule has 0 aromatic heterocycles. The molecule has 0 unspecified atom stereocenters. The van der Waals surface area contributed by atoms with E-state index in [9.17, 15) is 4.79 Å². The van der Waals surface area contributed by atoms with Gasteiger partial charge >= 0.3 is 5.97 Å². The molecule has 0 radical (unpaired) electrons. The van der Waals surface area contributed by atoms with E-state index in [4.69, 9.17) is 5.73 Å². The van der Waals surface area contributed by atoms with Crippen molar-refractivity contribution in [3.05, 3.63) is 23.8 Å². The van der Waals surface area contributed by atoms with E-state index in [1.54, 1.807) is 11.8 Å². The number of carbonyl (C=O) groups excluding carboxylic acids is 1. The van der Waals surface area contributed by atoms with Crippen LogP contribution < -0.4 is 5.73 Å². The van der Waals surface area contributed by atoms with Gasteiger partial charge in [-0.05, 0) is 24.0 Å². The Bertz CT molecular complexity index is 339. The second-order valence-corrected chi connectivity index (χ2v) is 3.70. The zero-order valence-electron chi connectivity index (χ0n) is 8.24. The second-order valence-electron chi connectivity index (χ2n) is 2.82. The maximum absolute atomic E-state index is 11.0. The molecule has 3 nitrogen and oxygen atoms in total. The molecular formula is C10H13NO2S. The second kappa shape index (κ2) is 4.91. The molecule has 0 spiro atoms. The van der Waals surface area contributed by atoms with E-state index < -0.39 is 0 Å². The van der Waals surface area contributed by atoms with E-state index in [1.165, 1.54) is 7.11 Å². The highest BCUT2D eigenvalue weighted by molar-refractivity contribution is 7.98. The van der Waals surface area contributed by atoms with Gasteiger partial charge in [0.15, 0.2) is 0 Å². The molecule has 0 aliphatic rings. The van der Waals surface area contributed by atoms with Crippen LogP contribution in [0.4, 0.5) is 5.69 Å². The molecular weight excluding hydrogens is 198 g/mol. The summed E-state index contributed by atoms with van der Waals surface area (Å²) in [6, 6.07) is 5.67. The van der Waals surface area contributed by atoms with Crippen LogP contribution in [0.25, 0.3) is 0 Å². The Hall–Kier alpha value is -1.16. The number of hydrogen-bond acceptors (Lipinski definition) is 4. The van der Waals surface area contributed by atoms with Gasteiger partial charge in [0.1, 0.15) is 0 Å². The molecule has 2 N–H and O–H groups in total. The van der Waals surface area contributed by atoms with E-state index >= 15 is 0 Å². The first kappa shape index (κ1) is 10.9. The van der Waals surface area contributed by atoms with Gasteiger partial charge in [-0.1, -0.05) is 6.07 Å². The fourth-order valence-electron chi connectivity index (χ4n) is 1.09. The third-order valence-electron chi connectivity index (χ3n) is 1.92. The van der Waals surface area contributed by atoms with Crippen molar-refractivity contribution in [2.45, 2.75) is 11.3 Å². The molecule has 76 valence electrons. The number of methoxy groups -OCH3 is 1. The smallest absolute Gasteiger partial charge is 0.310 e. The highest BCUT2D eigenvalue weighted by atomic mass is 32.2. The molecule has 0 bridgehead atoms. The standard InChI is InChI=1S/C10H13NO2S/c1-13-10(12)5-7-3-4-8(14-2)6-9(7)11/h3-4,6H,5,11H2,1-2H3. The lowest BCUT2D eigenvalue weighted by Gasteiger charge is -2.05. The molecule has 0 fully saturated rings. The van der Waals surface area contributed by atoms with Crippen molar-refractivity contribution in [2.24, 2.45) is 0 Å². The summed E-state index contributed by atoms with van der Waals surface area (Å²) in [5.74, 6) is -0.270. The number of thioether (sulfide) groups is 1. The van der Waals surface area contributed by atoms with Crippen molar-refractivity contribution in [3.63, 3.8) is 0 Å². The van der Waals surface area contributed by atoms with Crippen molar-refractivity contribution in [1.29, 1.82) is 0 Å². The van der Waals surface area contributed by atoms with E-state index in [0.29, 0.717) is 5.69 Å². The number of carbonyl (C=O) groups is 1. The Morgan fingerprint density at radius 2 is 2.29 bits per heavy atom. The molecule has 1 rings (SSSR count). The monoisotopic (exact) mass is 211 g/mol. The van der Waals surface area contributed by atoms with Crippen LogP contribution in [0.2, 0.25) is 0 Å².